The van der Waals surface area contributed by atoms with Crippen LogP contribution in [0.4, 0.5) is 0 Å². The molecule has 1 heterocycles. The van der Waals surface area contributed by atoms with E-state index < -0.39 is 0 Å². The Hall–Kier alpha value is -0.0800. The van der Waals surface area contributed by atoms with Crippen LogP contribution in [0.25, 0.3) is 0 Å². The van der Waals surface area contributed by atoms with Crippen molar-refractivity contribution in [3.63, 3.8) is 0 Å². The van der Waals surface area contributed by atoms with E-state index in [1.54, 1.807) is 0 Å². The van der Waals surface area contributed by atoms with E-state index in [1.165, 1.54) is 51.6 Å². The lowest BCUT2D eigenvalue weighted by molar-refractivity contribution is 0.0210. The van der Waals surface area contributed by atoms with Crippen LogP contribution in [0.15, 0.2) is 0 Å². The van der Waals surface area contributed by atoms with Crippen molar-refractivity contribution in [2.45, 2.75) is 64.0 Å². The number of fused-ring (bicyclic) bond motifs is 2. The van der Waals surface area contributed by atoms with Gasteiger partial charge in [0.25, 0.3) is 0 Å². The molecule has 0 aromatic carbocycles. The van der Waals surface area contributed by atoms with Crippen molar-refractivity contribution in [3.8, 4) is 0 Å². The normalized spacial score (nSPS) is 46.6. The van der Waals surface area contributed by atoms with Crippen molar-refractivity contribution >= 4 is 0 Å². The summed E-state index contributed by atoms with van der Waals surface area (Å²) < 4.78 is 0. The number of likely N-dealkylation sites (tertiary alicyclic amines) is 1. The predicted octanol–water partition coefficient (Wildman–Crippen LogP) is 2.66. The topological polar surface area (TPSA) is 23.5 Å². The zero-order chi connectivity index (χ0) is 11.8. The third kappa shape index (κ3) is 2.39. The molecule has 2 saturated carbocycles. The van der Waals surface area contributed by atoms with E-state index in [4.69, 9.17) is 0 Å². The molecule has 2 aliphatic carbocycles. The summed E-state index contributed by atoms with van der Waals surface area (Å²) >= 11 is 0. The smallest absolute Gasteiger partial charge is 0.0580 e. The molecule has 5 atom stereocenters. The summed E-state index contributed by atoms with van der Waals surface area (Å²) in [6.45, 7) is 4.81. The number of hydrogen-bond donors (Lipinski definition) is 1. The second-order valence-electron chi connectivity index (χ2n) is 6.70. The van der Waals surface area contributed by atoms with E-state index in [-0.39, 0.29) is 6.10 Å². The van der Waals surface area contributed by atoms with Crippen LogP contribution in [0.3, 0.4) is 0 Å². The zero-order valence-corrected chi connectivity index (χ0v) is 11.1. The Labute approximate surface area is 105 Å². The van der Waals surface area contributed by atoms with Gasteiger partial charge in [0.15, 0.2) is 0 Å². The van der Waals surface area contributed by atoms with Crippen LogP contribution in [-0.2, 0) is 0 Å². The first-order chi connectivity index (χ1) is 8.26. The molecule has 2 nitrogen and oxygen atoms in total. The average molecular weight is 237 g/mol. The lowest BCUT2D eigenvalue weighted by atomic mass is 9.78. The Balaban J connectivity index is 1.56. The minimum Gasteiger partial charge on any atom is -0.393 e. The van der Waals surface area contributed by atoms with Gasteiger partial charge >= 0.3 is 0 Å². The fourth-order valence-corrected chi connectivity index (χ4v) is 4.46. The molecule has 5 unspecified atom stereocenters. The molecule has 0 spiro atoms. The van der Waals surface area contributed by atoms with Crippen LogP contribution in [0.5, 0.6) is 0 Å². The Morgan fingerprint density at radius 3 is 2.65 bits per heavy atom. The van der Waals surface area contributed by atoms with Gasteiger partial charge in [0.05, 0.1) is 6.10 Å². The third-order valence-electron chi connectivity index (χ3n) is 5.62. The van der Waals surface area contributed by atoms with E-state index in [9.17, 15) is 5.11 Å². The lowest BCUT2D eigenvalue weighted by Crippen LogP contribution is -2.42. The van der Waals surface area contributed by atoms with Crippen molar-refractivity contribution in [1.82, 2.24) is 4.90 Å². The number of rotatable bonds is 3. The molecule has 1 N–H and O–H groups in total. The Kier molecular flexibility index (Phi) is 3.45. The number of aliphatic hydroxyl groups is 1. The fraction of sp³-hybridized carbons (Fsp3) is 1.00. The number of nitrogens with zero attached hydrogens (tertiary/aromatic N) is 1. The van der Waals surface area contributed by atoms with Crippen LogP contribution in [-0.4, -0.2) is 35.2 Å². The molecule has 0 aromatic heterocycles. The van der Waals surface area contributed by atoms with Gasteiger partial charge in [0.1, 0.15) is 0 Å². The Morgan fingerprint density at radius 1 is 1.12 bits per heavy atom. The molecule has 3 fully saturated rings. The molecule has 0 aromatic rings. The quantitative estimate of drug-likeness (QED) is 0.815. The second-order valence-corrected chi connectivity index (χ2v) is 6.70. The number of piperidine rings is 1. The van der Waals surface area contributed by atoms with Gasteiger partial charge in [0.2, 0.25) is 0 Å². The Morgan fingerprint density at radius 2 is 2.00 bits per heavy atom. The fourth-order valence-electron chi connectivity index (χ4n) is 4.46. The first-order valence-corrected chi connectivity index (χ1v) is 7.68. The van der Waals surface area contributed by atoms with Crippen molar-refractivity contribution in [2.75, 3.05) is 13.1 Å². The molecule has 1 aliphatic heterocycles. The standard InChI is InChI=1S/C15H27NO/c1-2-11-4-6-15(17)13(7-11)10-16-9-12-3-5-14(16)8-12/h11-15,17H,2-10H2,1H3. The maximum absolute atomic E-state index is 10.2. The minimum atomic E-state index is -0.0167. The monoisotopic (exact) mass is 237 g/mol. The molecule has 2 bridgehead atoms. The van der Waals surface area contributed by atoms with Crippen LogP contribution >= 0.6 is 0 Å². The number of aliphatic hydroxyl groups excluding tert-OH is 1. The molecule has 1 saturated heterocycles. The van der Waals surface area contributed by atoms with Gasteiger partial charge in [0, 0.05) is 19.1 Å². The SMILES string of the molecule is CCC1CCC(O)C(CN2CC3CCC2C3)C1. The van der Waals surface area contributed by atoms with E-state index in [2.05, 4.69) is 11.8 Å². The molecule has 17 heavy (non-hydrogen) atoms. The molecule has 3 rings (SSSR count). The van der Waals surface area contributed by atoms with Gasteiger partial charge in [-0.1, -0.05) is 13.3 Å². The summed E-state index contributed by atoms with van der Waals surface area (Å²) in [4.78, 5) is 2.69. The van der Waals surface area contributed by atoms with E-state index in [0.717, 1.165) is 24.3 Å². The molecule has 0 radical (unpaired) electrons. The van der Waals surface area contributed by atoms with Gasteiger partial charge in [-0.05, 0) is 56.3 Å². The van der Waals surface area contributed by atoms with Crippen LogP contribution in [0.2, 0.25) is 0 Å². The maximum Gasteiger partial charge on any atom is 0.0580 e. The number of hydrogen-bond acceptors (Lipinski definition) is 2. The zero-order valence-electron chi connectivity index (χ0n) is 11.1. The van der Waals surface area contributed by atoms with Crippen molar-refractivity contribution in [2.24, 2.45) is 17.8 Å². The molecule has 3 aliphatic rings. The molecule has 98 valence electrons. The van der Waals surface area contributed by atoms with Crippen LogP contribution < -0.4 is 0 Å². The van der Waals surface area contributed by atoms with Crippen molar-refractivity contribution < 1.29 is 5.11 Å². The molecule has 0 amide bonds. The highest BCUT2D eigenvalue weighted by Gasteiger charge is 2.40. The van der Waals surface area contributed by atoms with Gasteiger partial charge in [-0.15, -0.1) is 0 Å². The summed E-state index contributed by atoms with van der Waals surface area (Å²) in [6, 6.07) is 0.870. The summed E-state index contributed by atoms with van der Waals surface area (Å²) in [5, 5.41) is 10.2. The first kappa shape index (κ1) is 12.0. The predicted molar refractivity (Wildman–Crippen MR) is 69.8 cm³/mol. The van der Waals surface area contributed by atoms with Gasteiger partial charge in [-0.3, -0.25) is 4.90 Å². The molecule has 2 heteroatoms. The van der Waals surface area contributed by atoms with Gasteiger partial charge in [-0.25, -0.2) is 0 Å². The van der Waals surface area contributed by atoms with E-state index in [1.807, 2.05) is 0 Å². The van der Waals surface area contributed by atoms with Crippen molar-refractivity contribution in [3.05, 3.63) is 0 Å². The van der Waals surface area contributed by atoms with Gasteiger partial charge in [-0.2, -0.15) is 0 Å². The first-order valence-electron chi connectivity index (χ1n) is 7.68. The van der Waals surface area contributed by atoms with E-state index in [0.29, 0.717) is 5.92 Å². The van der Waals surface area contributed by atoms with Crippen LogP contribution in [0.1, 0.15) is 51.9 Å². The summed E-state index contributed by atoms with van der Waals surface area (Å²) in [5.41, 5.74) is 0. The molecular formula is C15H27NO. The lowest BCUT2D eigenvalue weighted by Gasteiger charge is -2.37. The summed E-state index contributed by atoms with van der Waals surface area (Å²) in [6.07, 6.45) is 9.18. The third-order valence-corrected chi connectivity index (χ3v) is 5.62. The van der Waals surface area contributed by atoms with Crippen molar-refractivity contribution in [1.29, 1.82) is 0 Å². The highest BCUT2D eigenvalue weighted by molar-refractivity contribution is 4.94. The summed E-state index contributed by atoms with van der Waals surface area (Å²) in [5.74, 6) is 2.43. The summed E-state index contributed by atoms with van der Waals surface area (Å²) in [7, 11) is 0. The Bertz CT molecular complexity index is 268. The largest absolute Gasteiger partial charge is 0.393 e. The second kappa shape index (κ2) is 4.89. The maximum atomic E-state index is 10.2. The minimum absolute atomic E-state index is 0.0167. The van der Waals surface area contributed by atoms with E-state index >= 15 is 0 Å². The average Bonchev–Trinajstić information content (AvgIpc) is 2.94. The highest BCUT2D eigenvalue weighted by atomic mass is 16.3. The van der Waals surface area contributed by atoms with Gasteiger partial charge < -0.3 is 5.11 Å². The molecular weight excluding hydrogens is 210 g/mol. The van der Waals surface area contributed by atoms with Crippen LogP contribution in [0, 0.1) is 17.8 Å². The highest BCUT2D eigenvalue weighted by Crippen LogP contribution is 2.39.